The van der Waals surface area contributed by atoms with Crippen molar-refractivity contribution in [3.63, 3.8) is 0 Å². The largest absolute Gasteiger partial charge is 0.412 e. The highest BCUT2D eigenvalue weighted by molar-refractivity contribution is 4.56. The molecule has 3 nitrogen and oxygen atoms in total. The molecule has 0 rings (SSSR count). The van der Waals surface area contributed by atoms with Crippen molar-refractivity contribution in [2.24, 2.45) is 11.7 Å². The van der Waals surface area contributed by atoms with Crippen LogP contribution in [-0.2, 0) is 0 Å². The summed E-state index contributed by atoms with van der Waals surface area (Å²) in [7, 11) is 0. The van der Waals surface area contributed by atoms with Crippen molar-refractivity contribution in [2.45, 2.75) is 33.4 Å². The molecule has 0 amide bonds. The average Bonchev–Trinajstić information content (AvgIpc) is 1.83. The topological polar surface area (TPSA) is 69.5 Å². The van der Waals surface area contributed by atoms with Gasteiger partial charge in [-0.05, 0) is 19.4 Å². The zero-order chi connectivity index (χ0) is 7.28. The van der Waals surface area contributed by atoms with Gasteiger partial charge < -0.3 is 16.5 Å². The van der Waals surface area contributed by atoms with Crippen molar-refractivity contribution in [3.8, 4) is 0 Å². The molecule has 0 aliphatic heterocycles. The number of hydrogen-bond donors (Lipinski definition) is 2. The van der Waals surface area contributed by atoms with Crippen LogP contribution in [0.4, 0.5) is 0 Å². The molecule has 0 radical (unpaired) electrons. The highest BCUT2D eigenvalue weighted by Gasteiger charge is 1.97. The maximum absolute atomic E-state index is 5.48. The Labute approximate surface area is 63.3 Å². The van der Waals surface area contributed by atoms with Crippen LogP contribution in [0, 0.1) is 5.92 Å². The fraction of sp³-hybridized carbons (Fsp3) is 1.00. The second-order valence-corrected chi connectivity index (χ2v) is 2.71. The summed E-state index contributed by atoms with van der Waals surface area (Å²) in [6.45, 7) is 7.40. The molecule has 0 bridgehead atoms. The maximum Gasteiger partial charge on any atom is 0.0517 e. The van der Waals surface area contributed by atoms with Gasteiger partial charge in [-0.3, -0.25) is 0 Å². The SMILES string of the molecule is CCC(C)CNC(C)N.O. The quantitative estimate of drug-likeness (QED) is 0.555. The molecule has 0 aromatic heterocycles. The first-order chi connectivity index (χ1) is 4.16. The Morgan fingerprint density at radius 1 is 1.40 bits per heavy atom. The van der Waals surface area contributed by atoms with Gasteiger partial charge in [0, 0.05) is 0 Å². The van der Waals surface area contributed by atoms with Crippen molar-refractivity contribution >= 4 is 0 Å². The van der Waals surface area contributed by atoms with Crippen molar-refractivity contribution < 1.29 is 5.48 Å². The second kappa shape index (κ2) is 6.99. The second-order valence-electron chi connectivity index (χ2n) is 2.71. The van der Waals surface area contributed by atoms with Crippen LogP contribution in [0.1, 0.15) is 27.2 Å². The lowest BCUT2D eigenvalue weighted by Crippen LogP contribution is -2.36. The van der Waals surface area contributed by atoms with Gasteiger partial charge in [-0.2, -0.15) is 0 Å². The molecule has 0 saturated heterocycles. The Kier molecular flexibility index (Phi) is 8.77. The first-order valence-electron chi connectivity index (χ1n) is 3.65. The third kappa shape index (κ3) is 7.88. The Balaban J connectivity index is 0. The third-order valence-electron chi connectivity index (χ3n) is 1.49. The van der Waals surface area contributed by atoms with Gasteiger partial charge in [0.2, 0.25) is 0 Å². The highest BCUT2D eigenvalue weighted by Crippen LogP contribution is 1.96. The van der Waals surface area contributed by atoms with Gasteiger partial charge in [-0.25, -0.2) is 0 Å². The maximum atomic E-state index is 5.48. The summed E-state index contributed by atoms with van der Waals surface area (Å²) < 4.78 is 0. The van der Waals surface area contributed by atoms with Crippen molar-refractivity contribution in [3.05, 3.63) is 0 Å². The number of nitrogens with one attached hydrogen (secondary N) is 1. The van der Waals surface area contributed by atoms with Gasteiger partial charge >= 0.3 is 0 Å². The minimum atomic E-state index is 0. The van der Waals surface area contributed by atoms with E-state index in [4.69, 9.17) is 5.73 Å². The van der Waals surface area contributed by atoms with E-state index in [1.165, 1.54) is 6.42 Å². The monoisotopic (exact) mass is 148 g/mol. The number of nitrogens with two attached hydrogens (primary N) is 1. The minimum absolute atomic E-state index is 0. The Morgan fingerprint density at radius 3 is 2.20 bits per heavy atom. The van der Waals surface area contributed by atoms with Crippen LogP contribution < -0.4 is 11.1 Å². The summed E-state index contributed by atoms with van der Waals surface area (Å²) >= 11 is 0. The highest BCUT2D eigenvalue weighted by atomic mass is 16.0. The van der Waals surface area contributed by atoms with Crippen LogP contribution in [0.5, 0.6) is 0 Å². The smallest absolute Gasteiger partial charge is 0.0517 e. The Bertz CT molecular complexity index is 66.6. The van der Waals surface area contributed by atoms with E-state index >= 15 is 0 Å². The molecule has 64 valence electrons. The van der Waals surface area contributed by atoms with Crippen LogP contribution in [0.25, 0.3) is 0 Å². The van der Waals surface area contributed by atoms with E-state index in [0.29, 0.717) is 0 Å². The zero-order valence-electron chi connectivity index (χ0n) is 7.15. The van der Waals surface area contributed by atoms with E-state index in [0.717, 1.165) is 12.5 Å². The summed E-state index contributed by atoms with van der Waals surface area (Å²) in [5.74, 6) is 0.746. The lowest BCUT2D eigenvalue weighted by atomic mass is 10.1. The zero-order valence-corrected chi connectivity index (χ0v) is 7.15. The standard InChI is InChI=1S/C7H18N2.H2O/c1-4-6(2)5-9-7(3)8;/h6-7,9H,4-5,8H2,1-3H3;1H2. The lowest BCUT2D eigenvalue weighted by molar-refractivity contribution is 0.459. The van der Waals surface area contributed by atoms with Crippen LogP contribution in [0.2, 0.25) is 0 Å². The molecular weight excluding hydrogens is 128 g/mol. The Hall–Kier alpha value is -0.120. The molecule has 5 N–H and O–H groups in total. The van der Waals surface area contributed by atoms with E-state index in [2.05, 4.69) is 19.2 Å². The van der Waals surface area contributed by atoms with Gasteiger partial charge in [0.25, 0.3) is 0 Å². The summed E-state index contributed by atoms with van der Waals surface area (Å²) in [5, 5.41) is 3.17. The summed E-state index contributed by atoms with van der Waals surface area (Å²) in [5.41, 5.74) is 5.48. The Morgan fingerprint density at radius 2 is 1.90 bits per heavy atom. The van der Waals surface area contributed by atoms with Crippen molar-refractivity contribution in [1.82, 2.24) is 5.32 Å². The third-order valence-corrected chi connectivity index (χ3v) is 1.49. The summed E-state index contributed by atoms with van der Waals surface area (Å²) in [6, 6.07) is 0. The fourth-order valence-electron chi connectivity index (χ4n) is 0.531. The van der Waals surface area contributed by atoms with E-state index in [1.807, 2.05) is 6.92 Å². The first kappa shape index (κ1) is 12.5. The van der Waals surface area contributed by atoms with Crippen molar-refractivity contribution in [2.75, 3.05) is 6.54 Å². The predicted octanol–water partition coefficient (Wildman–Crippen LogP) is 0.102. The number of hydrogen-bond acceptors (Lipinski definition) is 2. The van der Waals surface area contributed by atoms with E-state index in [1.54, 1.807) is 0 Å². The molecular formula is C7H20N2O. The molecule has 0 spiro atoms. The van der Waals surface area contributed by atoms with Gasteiger partial charge in [0.05, 0.1) is 6.17 Å². The molecule has 2 atom stereocenters. The van der Waals surface area contributed by atoms with Crippen LogP contribution >= 0.6 is 0 Å². The lowest BCUT2D eigenvalue weighted by Gasteiger charge is -2.11. The molecule has 0 aromatic carbocycles. The molecule has 0 aromatic rings. The van der Waals surface area contributed by atoms with Gasteiger partial charge in [0.15, 0.2) is 0 Å². The molecule has 10 heavy (non-hydrogen) atoms. The van der Waals surface area contributed by atoms with Gasteiger partial charge in [0.1, 0.15) is 0 Å². The molecule has 2 unspecified atom stereocenters. The molecule has 0 aliphatic rings. The van der Waals surface area contributed by atoms with E-state index < -0.39 is 0 Å². The molecule has 3 heteroatoms. The summed E-state index contributed by atoms with van der Waals surface area (Å²) in [6.07, 6.45) is 1.36. The van der Waals surface area contributed by atoms with E-state index in [-0.39, 0.29) is 11.6 Å². The van der Waals surface area contributed by atoms with Crippen LogP contribution in [-0.4, -0.2) is 18.2 Å². The molecule has 0 aliphatic carbocycles. The predicted molar refractivity (Wildman–Crippen MR) is 44.7 cm³/mol. The minimum Gasteiger partial charge on any atom is -0.412 e. The van der Waals surface area contributed by atoms with Crippen molar-refractivity contribution in [1.29, 1.82) is 0 Å². The van der Waals surface area contributed by atoms with Gasteiger partial charge in [-0.1, -0.05) is 20.3 Å². The average molecular weight is 148 g/mol. The first-order valence-corrected chi connectivity index (χ1v) is 3.65. The van der Waals surface area contributed by atoms with E-state index in [9.17, 15) is 0 Å². The number of rotatable bonds is 4. The summed E-state index contributed by atoms with van der Waals surface area (Å²) in [4.78, 5) is 0. The van der Waals surface area contributed by atoms with Crippen LogP contribution in [0.3, 0.4) is 0 Å². The molecule has 0 heterocycles. The molecule has 0 saturated carbocycles. The normalized spacial score (nSPS) is 15.6. The van der Waals surface area contributed by atoms with Crippen LogP contribution in [0.15, 0.2) is 0 Å². The fourth-order valence-corrected chi connectivity index (χ4v) is 0.531. The molecule has 0 fully saturated rings. The van der Waals surface area contributed by atoms with Gasteiger partial charge in [-0.15, -0.1) is 0 Å².